The summed E-state index contributed by atoms with van der Waals surface area (Å²) in [5.41, 5.74) is -0.148. The predicted octanol–water partition coefficient (Wildman–Crippen LogP) is 2.64. The molecule has 1 atom stereocenters. The molecule has 0 amide bonds. The lowest BCUT2D eigenvalue weighted by molar-refractivity contribution is -0.131. The van der Waals surface area contributed by atoms with Gasteiger partial charge in [-0.25, -0.2) is 4.79 Å². The van der Waals surface area contributed by atoms with Crippen LogP contribution in [0.15, 0.2) is 34.9 Å². The van der Waals surface area contributed by atoms with Crippen molar-refractivity contribution < 1.29 is 19.8 Å². The zero-order chi connectivity index (χ0) is 15.7. The highest BCUT2D eigenvalue weighted by Crippen LogP contribution is 2.46. The molecule has 20 heavy (non-hydrogen) atoms. The molecule has 110 valence electrons. The second-order valence-corrected chi connectivity index (χ2v) is 6.06. The van der Waals surface area contributed by atoms with Gasteiger partial charge in [-0.15, -0.1) is 0 Å². The van der Waals surface area contributed by atoms with Gasteiger partial charge in [0.1, 0.15) is 5.60 Å². The van der Waals surface area contributed by atoms with Gasteiger partial charge >= 0.3 is 5.97 Å². The fourth-order valence-corrected chi connectivity index (χ4v) is 2.52. The quantitative estimate of drug-likeness (QED) is 0.614. The van der Waals surface area contributed by atoms with Crippen molar-refractivity contribution in [3.63, 3.8) is 0 Å². The smallest absolute Gasteiger partial charge is 0.328 e. The summed E-state index contributed by atoms with van der Waals surface area (Å²) in [7, 11) is 0. The molecule has 0 aliphatic heterocycles. The Hall–Kier alpha value is -1.68. The van der Waals surface area contributed by atoms with Gasteiger partial charge < -0.3 is 10.2 Å². The van der Waals surface area contributed by atoms with E-state index in [4.69, 9.17) is 5.11 Å². The molecule has 0 saturated carbocycles. The Bertz CT molecular complexity index is 535. The number of carbonyl (C=O) groups is 2. The highest BCUT2D eigenvalue weighted by atomic mass is 16.4. The van der Waals surface area contributed by atoms with Crippen molar-refractivity contribution in [2.75, 3.05) is 0 Å². The van der Waals surface area contributed by atoms with Crippen LogP contribution in [0.25, 0.3) is 0 Å². The van der Waals surface area contributed by atoms with Crippen molar-refractivity contribution >= 4 is 11.8 Å². The highest BCUT2D eigenvalue weighted by Gasteiger charge is 2.48. The van der Waals surface area contributed by atoms with E-state index >= 15 is 0 Å². The number of ketones is 1. The fraction of sp³-hybridized carbons (Fsp3) is 0.500. The van der Waals surface area contributed by atoms with Gasteiger partial charge in [-0.05, 0) is 43.6 Å². The molecule has 0 aromatic carbocycles. The third-order valence-corrected chi connectivity index (χ3v) is 4.13. The van der Waals surface area contributed by atoms with Crippen LogP contribution in [-0.2, 0) is 9.59 Å². The van der Waals surface area contributed by atoms with Gasteiger partial charge in [0, 0.05) is 17.9 Å². The number of carboxylic acids is 1. The van der Waals surface area contributed by atoms with Gasteiger partial charge in [0.25, 0.3) is 0 Å². The van der Waals surface area contributed by atoms with E-state index in [0.29, 0.717) is 16.7 Å². The topological polar surface area (TPSA) is 74.6 Å². The number of aliphatic hydroxyl groups is 1. The Morgan fingerprint density at radius 1 is 1.30 bits per heavy atom. The van der Waals surface area contributed by atoms with Gasteiger partial charge in [0.2, 0.25) is 0 Å². The standard InChI is InChI=1S/C16H22O4/c1-10(8-14(18)19)6-7-16(20)12(3)11(2)13(17)9-15(16,4)5/h6-8,20H,9H2,1-5H3,(H,18,19)/b7-6+,10-8-. The first-order valence-corrected chi connectivity index (χ1v) is 6.55. The number of Topliss-reactive ketones (excluding diaryl/α,β-unsaturated/α-hetero) is 1. The maximum atomic E-state index is 11.9. The van der Waals surface area contributed by atoms with E-state index in [-0.39, 0.29) is 12.2 Å². The molecule has 1 aliphatic rings. The molecule has 0 saturated heterocycles. The van der Waals surface area contributed by atoms with Crippen LogP contribution in [-0.4, -0.2) is 27.6 Å². The summed E-state index contributed by atoms with van der Waals surface area (Å²) in [6.07, 6.45) is 4.51. The van der Waals surface area contributed by atoms with E-state index in [1.807, 2.05) is 13.8 Å². The predicted molar refractivity (Wildman–Crippen MR) is 77.3 cm³/mol. The summed E-state index contributed by atoms with van der Waals surface area (Å²) in [6.45, 7) is 8.78. The SMILES string of the molecule is CC1=C(C)C(O)(/C=C/C(C)=C\C(=O)O)C(C)(C)CC1=O. The maximum absolute atomic E-state index is 11.9. The van der Waals surface area contributed by atoms with Gasteiger partial charge in [0.15, 0.2) is 5.78 Å². The summed E-state index contributed by atoms with van der Waals surface area (Å²) < 4.78 is 0. The molecule has 0 bridgehead atoms. The Balaban J connectivity index is 3.28. The average Bonchev–Trinajstić information content (AvgIpc) is 2.30. The van der Waals surface area contributed by atoms with E-state index in [1.54, 1.807) is 32.9 Å². The molecule has 0 spiro atoms. The van der Waals surface area contributed by atoms with Gasteiger partial charge in [-0.2, -0.15) is 0 Å². The first-order chi connectivity index (χ1) is 9.01. The van der Waals surface area contributed by atoms with Crippen LogP contribution in [0.5, 0.6) is 0 Å². The maximum Gasteiger partial charge on any atom is 0.328 e. The van der Waals surface area contributed by atoms with E-state index in [1.165, 1.54) is 0 Å². The molecule has 0 radical (unpaired) electrons. The molecule has 0 heterocycles. The molecule has 4 heteroatoms. The zero-order valence-corrected chi connectivity index (χ0v) is 12.7. The average molecular weight is 278 g/mol. The molecule has 1 rings (SSSR count). The van der Waals surface area contributed by atoms with Crippen molar-refractivity contribution in [1.29, 1.82) is 0 Å². The summed E-state index contributed by atoms with van der Waals surface area (Å²) in [4.78, 5) is 22.5. The normalized spacial score (nSPS) is 27.3. The van der Waals surface area contributed by atoms with E-state index < -0.39 is 17.0 Å². The van der Waals surface area contributed by atoms with Crippen molar-refractivity contribution in [2.45, 2.75) is 46.6 Å². The molecule has 0 aromatic heterocycles. The molecule has 0 aromatic rings. The lowest BCUT2D eigenvalue weighted by Gasteiger charge is -2.45. The molecule has 4 nitrogen and oxygen atoms in total. The van der Waals surface area contributed by atoms with Crippen LogP contribution in [0.2, 0.25) is 0 Å². The number of rotatable bonds is 3. The van der Waals surface area contributed by atoms with Crippen LogP contribution in [0.4, 0.5) is 0 Å². The monoisotopic (exact) mass is 278 g/mol. The number of aliphatic carboxylic acids is 1. The van der Waals surface area contributed by atoms with Crippen molar-refractivity contribution in [3.05, 3.63) is 34.9 Å². The molecule has 1 unspecified atom stereocenters. The van der Waals surface area contributed by atoms with Gasteiger partial charge in [-0.3, -0.25) is 4.79 Å². The summed E-state index contributed by atoms with van der Waals surface area (Å²) >= 11 is 0. The first kappa shape index (κ1) is 16.4. The third kappa shape index (κ3) is 2.90. The third-order valence-electron chi connectivity index (χ3n) is 4.13. The van der Waals surface area contributed by atoms with Crippen LogP contribution >= 0.6 is 0 Å². The number of allylic oxidation sites excluding steroid dienone is 3. The number of carboxylic acid groups (broad SMARTS) is 1. The largest absolute Gasteiger partial charge is 0.478 e. The molecule has 1 aliphatic carbocycles. The van der Waals surface area contributed by atoms with Gasteiger partial charge in [-0.1, -0.05) is 19.9 Å². The minimum atomic E-state index is -1.25. The summed E-state index contributed by atoms with van der Waals surface area (Å²) in [5, 5.41) is 19.7. The summed E-state index contributed by atoms with van der Waals surface area (Å²) in [6, 6.07) is 0. The number of carbonyl (C=O) groups excluding carboxylic acids is 1. The van der Waals surface area contributed by atoms with Crippen molar-refractivity contribution in [2.24, 2.45) is 5.41 Å². The molecular weight excluding hydrogens is 256 g/mol. The van der Waals surface area contributed by atoms with Crippen LogP contribution < -0.4 is 0 Å². The van der Waals surface area contributed by atoms with E-state index in [2.05, 4.69) is 0 Å². The van der Waals surface area contributed by atoms with Crippen LogP contribution in [0.1, 0.15) is 41.0 Å². The Labute approximate surface area is 119 Å². The second kappa shape index (κ2) is 5.37. The summed E-state index contributed by atoms with van der Waals surface area (Å²) in [5.74, 6) is -0.982. The van der Waals surface area contributed by atoms with Crippen LogP contribution in [0, 0.1) is 5.41 Å². The van der Waals surface area contributed by atoms with Gasteiger partial charge in [0.05, 0.1) is 0 Å². The lowest BCUT2D eigenvalue weighted by Crippen LogP contribution is -2.49. The van der Waals surface area contributed by atoms with E-state index in [0.717, 1.165) is 6.08 Å². The number of hydrogen-bond donors (Lipinski definition) is 2. The molecule has 0 fully saturated rings. The molecular formula is C16H22O4. The van der Waals surface area contributed by atoms with Crippen molar-refractivity contribution in [3.8, 4) is 0 Å². The van der Waals surface area contributed by atoms with Crippen LogP contribution in [0.3, 0.4) is 0 Å². The zero-order valence-electron chi connectivity index (χ0n) is 12.7. The van der Waals surface area contributed by atoms with Crippen molar-refractivity contribution in [1.82, 2.24) is 0 Å². The minimum Gasteiger partial charge on any atom is -0.478 e. The minimum absolute atomic E-state index is 0.0448. The van der Waals surface area contributed by atoms with E-state index in [9.17, 15) is 14.7 Å². The Morgan fingerprint density at radius 3 is 2.35 bits per heavy atom. The Kier molecular flexibility index (Phi) is 4.39. The second-order valence-electron chi connectivity index (χ2n) is 6.06. The lowest BCUT2D eigenvalue weighted by atomic mass is 9.62. The first-order valence-electron chi connectivity index (χ1n) is 6.55. The number of hydrogen-bond acceptors (Lipinski definition) is 3. The Morgan fingerprint density at radius 2 is 1.85 bits per heavy atom. The highest BCUT2D eigenvalue weighted by molar-refractivity contribution is 5.97. The fourth-order valence-electron chi connectivity index (χ4n) is 2.52. The molecule has 2 N–H and O–H groups in total.